The summed E-state index contributed by atoms with van der Waals surface area (Å²) in [5.74, 6) is -1.08. The number of carbonyl (C=O) groups is 2. The molecule has 1 saturated heterocycles. The van der Waals surface area contributed by atoms with Crippen molar-refractivity contribution in [3.8, 4) is 0 Å². The number of hydrogen-bond donors (Lipinski definition) is 2. The predicted octanol–water partition coefficient (Wildman–Crippen LogP) is 7.38. The van der Waals surface area contributed by atoms with Gasteiger partial charge in [0, 0.05) is 29.9 Å². The van der Waals surface area contributed by atoms with Crippen molar-refractivity contribution in [3.05, 3.63) is 167 Å². The van der Waals surface area contributed by atoms with Gasteiger partial charge in [-0.15, -0.1) is 0 Å². The largest absolute Gasteiger partial charge is 0.480 e. The zero-order chi connectivity index (χ0) is 33.6. The maximum absolute atomic E-state index is 13.9. The Morgan fingerprint density at radius 1 is 0.776 bits per heavy atom. The minimum Gasteiger partial charge on any atom is -0.480 e. The van der Waals surface area contributed by atoms with Crippen LogP contribution >= 0.6 is 0 Å². The summed E-state index contributed by atoms with van der Waals surface area (Å²) in [6, 6.07) is 43.6. The fraction of sp³-hybridized carbons (Fsp3) is 0.214. The lowest BCUT2D eigenvalue weighted by molar-refractivity contribution is -0.139. The van der Waals surface area contributed by atoms with Gasteiger partial charge in [0.05, 0.1) is 23.5 Å². The van der Waals surface area contributed by atoms with Crippen LogP contribution in [0.15, 0.2) is 145 Å². The zero-order valence-electron chi connectivity index (χ0n) is 27.4. The van der Waals surface area contributed by atoms with Gasteiger partial charge in [0.25, 0.3) is 0 Å². The molecule has 0 aromatic heterocycles. The molecule has 246 valence electrons. The zero-order valence-corrected chi connectivity index (χ0v) is 27.4. The van der Waals surface area contributed by atoms with E-state index in [0.29, 0.717) is 30.1 Å². The van der Waals surface area contributed by atoms with E-state index in [2.05, 4.69) is 33.3 Å². The highest BCUT2D eigenvalue weighted by molar-refractivity contribution is 6.17. The molecule has 7 rings (SSSR count). The normalized spacial score (nSPS) is 18.4. The number of nitrogens with one attached hydrogen (secondary N) is 1. The number of para-hydroxylation sites is 2. The van der Waals surface area contributed by atoms with E-state index in [1.165, 1.54) is 5.56 Å². The molecule has 0 spiro atoms. The summed E-state index contributed by atoms with van der Waals surface area (Å²) in [4.78, 5) is 36.9. The first-order chi connectivity index (χ1) is 24.1. The number of anilines is 2. The second-order valence-electron chi connectivity index (χ2n) is 12.7. The number of nitrogens with zero attached hydrogens (tertiary/aromatic N) is 3. The number of carboxylic acids is 1. The molecular formula is C42H40N4O3. The molecule has 5 aromatic carbocycles. The molecular weight excluding hydrogens is 608 g/mol. The van der Waals surface area contributed by atoms with Gasteiger partial charge in [-0.2, -0.15) is 0 Å². The Kier molecular flexibility index (Phi) is 9.62. The Morgan fingerprint density at radius 3 is 2.18 bits per heavy atom. The minimum atomic E-state index is -1.14. The van der Waals surface area contributed by atoms with Gasteiger partial charge in [0.15, 0.2) is 6.04 Å². The van der Waals surface area contributed by atoms with Crippen LogP contribution in [0.25, 0.3) is 0 Å². The summed E-state index contributed by atoms with van der Waals surface area (Å²) in [6.07, 6.45) is 2.53. The number of carboxylic acid groups (broad SMARTS) is 1. The second-order valence-corrected chi connectivity index (χ2v) is 12.7. The molecule has 2 N–H and O–H groups in total. The molecule has 0 saturated carbocycles. The van der Waals surface area contributed by atoms with E-state index in [-0.39, 0.29) is 11.9 Å². The lowest BCUT2D eigenvalue weighted by Gasteiger charge is -2.41. The highest BCUT2D eigenvalue weighted by Gasteiger charge is 2.39. The van der Waals surface area contributed by atoms with Crippen molar-refractivity contribution in [2.24, 2.45) is 4.99 Å². The third-order valence-corrected chi connectivity index (χ3v) is 9.62. The van der Waals surface area contributed by atoms with E-state index in [0.717, 1.165) is 48.2 Å². The minimum absolute atomic E-state index is 0.0699. The van der Waals surface area contributed by atoms with E-state index >= 15 is 0 Å². The summed E-state index contributed by atoms with van der Waals surface area (Å²) >= 11 is 0. The van der Waals surface area contributed by atoms with Crippen LogP contribution in [-0.2, 0) is 22.6 Å². The van der Waals surface area contributed by atoms with Crippen LogP contribution < -0.4 is 10.2 Å². The lowest BCUT2D eigenvalue weighted by Crippen LogP contribution is -2.44. The van der Waals surface area contributed by atoms with Crippen molar-refractivity contribution in [2.45, 2.75) is 43.9 Å². The number of aliphatic imine (C=N–C) groups is 1. The molecule has 2 aliphatic rings. The fourth-order valence-corrected chi connectivity index (χ4v) is 7.29. The third-order valence-electron chi connectivity index (χ3n) is 9.62. The topological polar surface area (TPSA) is 85.2 Å². The quantitative estimate of drug-likeness (QED) is 0.154. The van der Waals surface area contributed by atoms with E-state index < -0.39 is 18.1 Å². The summed E-state index contributed by atoms with van der Waals surface area (Å²) < 4.78 is 0. The highest BCUT2D eigenvalue weighted by Crippen LogP contribution is 2.38. The average Bonchev–Trinajstić information content (AvgIpc) is 3.61. The van der Waals surface area contributed by atoms with Gasteiger partial charge < -0.3 is 15.3 Å². The van der Waals surface area contributed by atoms with Gasteiger partial charge in [-0.1, -0.05) is 121 Å². The van der Waals surface area contributed by atoms with Crippen molar-refractivity contribution < 1.29 is 14.7 Å². The average molecular weight is 649 g/mol. The molecule has 0 bridgehead atoms. The summed E-state index contributed by atoms with van der Waals surface area (Å²) in [6.45, 7) is 2.23. The first kappa shape index (κ1) is 32.0. The van der Waals surface area contributed by atoms with Crippen LogP contribution in [0.4, 0.5) is 11.4 Å². The molecule has 2 aliphatic heterocycles. The van der Waals surface area contributed by atoms with Crippen molar-refractivity contribution in [3.63, 3.8) is 0 Å². The van der Waals surface area contributed by atoms with Crippen LogP contribution in [0, 0.1) is 0 Å². The van der Waals surface area contributed by atoms with Gasteiger partial charge in [-0.05, 0) is 60.7 Å². The molecule has 49 heavy (non-hydrogen) atoms. The molecule has 1 amide bonds. The number of aliphatic carboxylic acids is 1. The van der Waals surface area contributed by atoms with Crippen molar-refractivity contribution in [1.29, 1.82) is 0 Å². The second kappa shape index (κ2) is 14.7. The third kappa shape index (κ3) is 7.03. The van der Waals surface area contributed by atoms with Crippen molar-refractivity contribution in [1.82, 2.24) is 4.90 Å². The van der Waals surface area contributed by atoms with Crippen molar-refractivity contribution >= 4 is 29.0 Å². The number of rotatable bonds is 10. The Bertz CT molecular complexity index is 1930. The molecule has 7 heteroatoms. The highest BCUT2D eigenvalue weighted by atomic mass is 16.4. The van der Waals surface area contributed by atoms with Crippen LogP contribution in [0.5, 0.6) is 0 Å². The number of benzene rings is 5. The van der Waals surface area contributed by atoms with Crippen LogP contribution in [0.3, 0.4) is 0 Å². The molecule has 2 heterocycles. The maximum Gasteiger partial charge on any atom is 0.330 e. The molecule has 3 atom stereocenters. The van der Waals surface area contributed by atoms with Gasteiger partial charge in [-0.25, -0.2) is 4.79 Å². The molecule has 5 aromatic rings. The SMILES string of the molecule is O=C(O)[C@@H](N=C(c1ccccc1)c1ccccc1NC(=O)[C@@H]1CCCN1Cc1ccccc1)[C@@H]1c2ccccc2CCN1c1ccccc1. The van der Waals surface area contributed by atoms with Gasteiger partial charge in [0.1, 0.15) is 0 Å². The number of carbonyl (C=O) groups excluding carboxylic acids is 1. The number of hydrogen-bond acceptors (Lipinski definition) is 5. The van der Waals surface area contributed by atoms with Crippen molar-refractivity contribution in [2.75, 3.05) is 23.3 Å². The first-order valence-corrected chi connectivity index (χ1v) is 17.0. The Hall–Kier alpha value is -5.53. The van der Waals surface area contributed by atoms with Crippen LogP contribution in [0.1, 0.15) is 46.7 Å². The number of fused-ring (bicyclic) bond motifs is 1. The molecule has 0 radical (unpaired) electrons. The summed E-state index contributed by atoms with van der Waals surface area (Å²) in [5, 5.41) is 14.2. The van der Waals surface area contributed by atoms with E-state index in [9.17, 15) is 14.7 Å². The Balaban J connectivity index is 1.28. The Morgan fingerprint density at radius 2 is 1.43 bits per heavy atom. The number of amides is 1. The van der Waals surface area contributed by atoms with Crippen LogP contribution in [-0.4, -0.2) is 52.8 Å². The lowest BCUT2D eigenvalue weighted by atomic mass is 9.87. The fourth-order valence-electron chi connectivity index (χ4n) is 7.29. The van der Waals surface area contributed by atoms with E-state index in [1.54, 1.807) is 0 Å². The molecule has 7 nitrogen and oxygen atoms in total. The van der Waals surface area contributed by atoms with E-state index in [1.807, 2.05) is 121 Å². The number of likely N-dealkylation sites (tertiary alicyclic amines) is 1. The molecule has 0 aliphatic carbocycles. The maximum atomic E-state index is 13.9. The van der Waals surface area contributed by atoms with Gasteiger partial charge in [0.2, 0.25) is 5.91 Å². The summed E-state index contributed by atoms with van der Waals surface area (Å²) in [5.41, 5.74) is 6.80. The van der Waals surface area contributed by atoms with Crippen LogP contribution in [0.2, 0.25) is 0 Å². The Labute approximate surface area is 287 Å². The monoisotopic (exact) mass is 648 g/mol. The predicted molar refractivity (Wildman–Crippen MR) is 195 cm³/mol. The first-order valence-electron chi connectivity index (χ1n) is 17.0. The summed E-state index contributed by atoms with van der Waals surface area (Å²) in [7, 11) is 0. The van der Waals surface area contributed by atoms with E-state index in [4.69, 9.17) is 4.99 Å². The smallest absolute Gasteiger partial charge is 0.330 e. The molecule has 0 unspecified atom stereocenters. The van der Waals surface area contributed by atoms with Gasteiger partial charge in [-0.3, -0.25) is 14.7 Å². The van der Waals surface area contributed by atoms with Gasteiger partial charge >= 0.3 is 5.97 Å². The molecule has 1 fully saturated rings. The standard InChI is InChI=1S/C42H40N4O3/c47-41(37-25-14-27-45(37)29-30-15-4-1-5-16-30)43-36-24-13-12-23-35(36)38(32-18-6-2-7-19-32)44-39(42(48)49)40-34-22-11-10-17-31(34)26-28-46(40)33-20-8-3-9-21-33/h1-13,15-24,37,39-40H,14,25-29H2,(H,43,47)(H,48,49)/t37-,39-,40-/m0/s1.